The predicted molar refractivity (Wildman–Crippen MR) is 110 cm³/mol. The molecule has 0 aromatic heterocycles. The first-order chi connectivity index (χ1) is 12.6. The van der Waals surface area contributed by atoms with E-state index in [1.54, 1.807) is 0 Å². The molecule has 1 aromatic rings. The lowest BCUT2D eigenvalue weighted by atomic mass is 9.95. The van der Waals surface area contributed by atoms with Crippen LogP contribution in [0.1, 0.15) is 46.5 Å². The fraction of sp³-hybridized carbons (Fsp3) is 0.619. The van der Waals surface area contributed by atoms with Crippen LogP contribution in [0.25, 0.3) is 0 Å². The first-order valence-corrected chi connectivity index (χ1v) is 9.96. The summed E-state index contributed by atoms with van der Waals surface area (Å²) in [6.45, 7) is 13.8. The summed E-state index contributed by atoms with van der Waals surface area (Å²) in [7, 11) is 0. The molecule has 26 heavy (non-hydrogen) atoms. The minimum absolute atomic E-state index is 0.157. The number of carbonyl (C=O) groups excluding carboxylic acids is 1. The number of nitrogens with zero attached hydrogens (tertiary/aromatic N) is 3. The monoisotopic (exact) mass is 358 g/mol. The molecule has 1 aromatic carbocycles. The third kappa shape index (κ3) is 5.31. The average molecular weight is 359 g/mol. The Morgan fingerprint density at radius 2 is 1.92 bits per heavy atom. The smallest absolute Gasteiger partial charge is 0.223 e. The normalized spacial score (nSPS) is 15.8. The maximum absolute atomic E-state index is 12.5. The van der Waals surface area contributed by atoms with Crippen molar-refractivity contribution >= 4 is 24.0 Å². The van der Waals surface area contributed by atoms with E-state index >= 15 is 0 Å². The van der Waals surface area contributed by atoms with Gasteiger partial charge in [-0.1, -0.05) is 26.0 Å². The number of para-hydroxylation sites is 2. The summed E-state index contributed by atoms with van der Waals surface area (Å²) in [5, 5.41) is 3.21. The molecule has 0 spiro atoms. The van der Waals surface area contributed by atoms with Gasteiger partial charge >= 0.3 is 0 Å². The third-order valence-electron chi connectivity index (χ3n) is 5.44. The Labute approximate surface area is 158 Å². The van der Waals surface area contributed by atoms with E-state index in [1.807, 2.05) is 18.2 Å². The van der Waals surface area contributed by atoms with E-state index in [2.05, 4.69) is 53.7 Å². The van der Waals surface area contributed by atoms with Crippen molar-refractivity contribution in [3.05, 3.63) is 24.3 Å². The van der Waals surface area contributed by atoms with Crippen molar-refractivity contribution in [1.82, 2.24) is 10.2 Å². The maximum atomic E-state index is 12.5. The number of rotatable bonds is 9. The van der Waals surface area contributed by atoms with E-state index in [1.165, 1.54) is 0 Å². The molecule has 5 nitrogen and oxygen atoms in total. The van der Waals surface area contributed by atoms with Crippen molar-refractivity contribution in [2.75, 3.05) is 31.2 Å². The van der Waals surface area contributed by atoms with Gasteiger partial charge in [0.15, 0.2) is 0 Å². The minimum atomic E-state index is 0.157. The quantitative estimate of drug-likeness (QED) is 0.683. The van der Waals surface area contributed by atoms with E-state index in [9.17, 15) is 4.79 Å². The zero-order chi connectivity index (χ0) is 18.9. The summed E-state index contributed by atoms with van der Waals surface area (Å²) < 4.78 is 0. The molecule has 2 rings (SSSR count). The van der Waals surface area contributed by atoms with E-state index in [-0.39, 0.29) is 11.8 Å². The number of carbonyl (C=O) groups is 1. The lowest BCUT2D eigenvalue weighted by Crippen LogP contribution is -2.46. The molecular weight excluding hydrogens is 324 g/mol. The molecule has 1 saturated heterocycles. The second-order valence-corrected chi connectivity index (χ2v) is 7.06. The van der Waals surface area contributed by atoms with Crippen LogP contribution < -0.4 is 10.2 Å². The Balaban J connectivity index is 1.89. The van der Waals surface area contributed by atoms with Crippen LogP contribution in [0.15, 0.2) is 29.3 Å². The van der Waals surface area contributed by atoms with E-state index in [4.69, 9.17) is 0 Å². The molecule has 1 amide bonds. The number of likely N-dealkylation sites (tertiary alicyclic amines) is 1. The zero-order valence-corrected chi connectivity index (χ0v) is 16.6. The van der Waals surface area contributed by atoms with Gasteiger partial charge in [-0.25, -0.2) is 0 Å². The average Bonchev–Trinajstić information content (AvgIpc) is 2.70. The number of amides is 1. The maximum Gasteiger partial charge on any atom is 0.223 e. The summed E-state index contributed by atoms with van der Waals surface area (Å²) in [4.78, 5) is 21.4. The molecule has 1 heterocycles. The number of anilines is 1. The Morgan fingerprint density at radius 1 is 1.27 bits per heavy atom. The fourth-order valence-electron chi connectivity index (χ4n) is 3.60. The van der Waals surface area contributed by atoms with Crippen molar-refractivity contribution in [3.8, 4) is 0 Å². The van der Waals surface area contributed by atoms with Gasteiger partial charge in [0.25, 0.3) is 0 Å². The predicted octanol–water partition coefficient (Wildman–Crippen LogP) is 3.82. The van der Waals surface area contributed by atoms with Crippen LogP contribution in [0.4, 0.5) is 11.4 Å². The largest absolute Gasteiger partial charge is 0.357 e. The van der Waals surface area contributed by atoms with Crippen LogP contribution in [-0.4, -0.2) is 49.9 Å². The van der Waals surface area contributed by atoms with Crippen molar-refractivity contribution < 1.29 is 4.79 Å². The van der Waals surface area contributed by atoms with E-state index in [0.29, 0.717) is 6.04 Å². The lowest BCUT2D eigenvalue weighted by Gasteiger charge is -2.36. The second kappa shape index (κ2) is 10.3. The van der Waals surface area contributed by atoms with Crippen LogP contribution in [0.3, 0.4) is 0 Å². The van der Waals surface area contributed by atoms with Gasteiger partial charge in [0.05, 0.1) is 18.0 Å². The standard InChI is InChI=1S/C21H34N4O/c1-5-18(6-2)23-21(26)17-12-14-24(15-13-17)16-25(7-3)20-11-9-8-10-19(20)22-4/h8-11,17-18H,4-7,12-16H2,1-3H3,(H,23,26). The van der Waals surface area contributed by atoms with Gasteiger partial charge < -0.3 is 10.2 Å². The molecule has 1 fully saturated rings. The van der Waals surface area contributed by atoms with Gasteiger partial charge in [-0.2, -0.15) is 0 Å². The Morgan fingerprint density at radius 3 is 2.50 bits per heavy atom. The Bertz CT molecular complexity index is 577. The summed E-state index contributed by atoms with van der Waals surface area (Å²) in [6, 6.07) is 8.45. The lowest BCUT2D eigenvalue weighted by molar-refractivity contribution is -0.127. The molecule has 0 radical (unpaired) electrons. The SMILES string of the molecule is C=Nc1ccccc1N(CC)CN1CCC(C(=O)NC(CC)CC)CC1. The van der Waals surface area contributed by atoms with Gasteiger partial charge in [0.1, 0.15) is 0 Å². The highest BCUT2D eigenvalue weighted by atomic mass is 16.1. The summed E-state index contributed by atoms with van der Waals surface area (Å²) in [5.41, 5.74) is 2.05. The van der Waals surface area contributed by atoms with Gasteiger partial charge in [0, 0.05) is 31.6 Å². The number of nitrogens with one attached hydrogen (secondary N) is 1. The molecular formula is C21H34N4O. The topological polar surface area (TPSA) is 47.9 Å². The van der Waals surface area contributed by atoms with Crippen molar-refractivity contribution in [2.45, 2.75) is 52.5 Å². The Hall–Kier alpha value is -1.88. The molecule has 5 heteroatoms. The second-order valence-electron chi connectivity index (χ2n) is 7.06. The van der Waals surface area contributed by atoms with Gasteiger partial charge in [0.2, 0.25) is 5.91 Å². The highest BCUT2D eigenvalue weighted by molar-refractivity contribution is 5.79. The Kier molecular flexibility index (Phi) is 8.10. The first kappa shape index (κ1) is 20.4. The number of hydrogen-bond donors (Lipinski definition) is 1. The van der Waals surface area contributed by atoms with Crippen molar-refractivity contribution in [3.63, 3.8) is 0 Å². The molecule has 0 atom stereocenters. The van der Waals surface area contributed by atoms with Crippen LogP contribution in [0, 0.1) is 5.92 Å². The summed E-state index contributed by atoms with van der Waals surface area (Å²) >= 11 is 0. The molecule has 0 saturated carbocycles. The fourth-order valence-corrected chi connectivity index (χ4v) is 3.60. The molecule has 1 N–H and O–H groups in total. The van der Waals surface area contributed by atoms with E-state index in [0.717, 1.165) is 63.4 Å². The van der Waals surface area contributed by atoms with Crippen molar-refractivity contribution in [1.29, 1.82) is 0 Å². The van der Waals surface area contributed by atoms with Crippen LogP contribution in [0.5, 0.6) is 0 Å². The number of aliphatic imine (C=N–C) groups is 1. The van der Waals surface area contributed by atoms with Crippen molar-refractivity contribution in [2.24, 2.45) is 10.9 Å². The highest BCUT2D eigenvalue weighted by Crippen LogP contribution is 2.28. The van der Waals surface area contributed by atoms with E-state index < -0.39 is 0 Å². The van der Waals surface area contributed by atoms with Gasteiger partial charge in [-0.3, -0.25) is 14.7 Å². The minimum Gasteiger partial charge on any atom is -0.357 e. The zero-order valence-electron chi connectivity index (χ0n) is 16.6. The molecule has 0 aliphatic carbocycles. The molecule has 0 bridgehead atoms. The molecule has 1 aliphatic heterocycles. The van der Waals surface area contributed by atoms with Gasteiger partial charge in [-0.15, -0.1) is 0 Å². The summed E-state index contributed by atoms with van der Waals surface area (Å²) in [5.74, 6) is 0.399. The number of hydrogen-bond acceptors (Lipinski definition) is 4. The molecule has 1 aliphatic rings. The molecule has 0 unspecified atom stereocenters. The highest BCUT2D eigenvalue weighted by Gasteiger charge is 2.26. The van der Waals surface area contributed by atoms with Crippen LogP contribution >= 0.6 is 0 Å². The first-order valence-electron chi connectivity index (χ1n) is 9.96. The third-order valence-corrected chi connectivity index (χ3v) is 5.44. The summed E-state index contributed by atoms with van der Waals surface area (Å²) in [6.07, 6.45) is 3.88. The van der Waals surface area contributed by atoms with Crippen LogP contribution in [-0.2, 0) is 4.79 Å². The number of piperidine rings is 1. The molecule has 144 valence electrons. The number of benzene rings is 1. The van der Waals surface area contributed by atoms with Crippen LogP contribution in [0.2, 0.25) is 0 Å². The van der Waals surface area contributed by atoms with Gasteiger partial charge in [-0.05, 0) is 51.5 Å².